The van der Waals surface area contributed by atoms with Gasteiger partial charge in [0.15, 0.2) is 5.78 Å². The zero-order valence-corrected chi connectivity index (χ0v) is 12.5. The van der Waals surface area contributed by atoms with Gasteiger partial charge in [-0.3, -0.25) is 4.79 Å². The molecular formula is C16H24O5. The van der Waals surface area contributed by atoms with Crippen LogP contribution in [0.2, 0.25) is 0 Å². The Morgan fingerprint density at radius 3 is 2.71 bits per heavy atom. The summed E-state index contributed by atoms with van der Waals surface area (Å²) in [4.78, 5) is 12.2. The van der Waals surface area contributed by atoms with E-state index in [2.05, 4.69) is 0 Å². The van der Waals surface area contributed by atoms with E-state index in [1.54, 1.807) is 0 Å². The molecule has 0 radical (unpaired) electrons. The maximum absolute atomic E-state index is 12.2. The van der Waals surface area contributed by atoms with E-state index in [-0.39, 0.29) is 24.1 Å². The number of fused-ring (bicyclic) bond motifs is 3. The van der Waals surface area contributed by atoms with Crippen molar-refractivity contribution < 1.29 is 24.5 Å². The largest absolute Gasteiger partial charge is 0.489 e. The highest BCUT2D eigenvalue weighted by atomic mass is 16.5. The highest BCUT2D eigenvalue weighted by molar-refractivity contribution is 5.98. The second kappa shape index (κ2) is 6.07. The molecule has 0 saturated carbocycles. The molecule has 5 unspecified atom stereocenters. The lowest BCUT2D eigenvalue weighted by atomic mass is 9.84. The van der Waals surface area contributed by atoms with Gasteiger partial charge in [0.1, 0.15) is 18.0 Å². The highest BCUT2D eigenvalue weighted by Gasteiger charge is 2.42. The third kappa shape index (κ3) is 3.00. The Kier molecular flexibility index (Phi) is 4.33. The van der Waals surface area contributed by atoms with E-state index in [1.807, 2.05) is 6.92 Å². The SMILES string of the molecule is CC1CCCCC(O)C2CC(O1)C1=C(O2)C(O)CCC1=O. The van der Waals surface area contributed by atoms with Crippen molar-refractivity contribution in [1.82, 2.24) is 0 Å². The second-order valence-electron chi connectivity index (χ2n) is 6.43. The van der Waals surface area contributed by atoms with Crippen LogP contribution in [0.1, 0.15) is 51.9 Å². The Hall–Kier alpha value is -0.910. The molecule has 2 N–H and O–H groups in total. The van der Waals surface area contributed by atoms with Crippen molar-refractivity contribution in [2.45, 2.75) is 82.4 Å². The van der Waals surface area contributed by atoms with Crippen molar-refractivity contribution >= 4 is 5.78 Å². The fourth-order valence-electron chi connectivity index (χ4n) is 3.55. The van der Waals surface area contributed by atoms with E-state index in [9.17, 15) is 15.0 Å². The number of ketones is 1. The van der Waals surface area contributed by atoms with Gasteiger partial charge in [-0.25, -0.2) is 0 Å². The maximum atomic E-state index is 12.2. The van der Waals surface area contributed by atoms with Crippen LogP contribution in [0.3, 0.4) is 0 Å². The highest BCUT2D eigenvalue weighted by Crippen LogP contribution is 2.37. The topological polar surface area (TPSA) is 76.0 Å². The summed E-state index contributed by atoms with van der Waals surface area (Å²) in [6, 6.07) is 0. The Morgan fingerprint density at radius 2 is 1.90 bits per heavy atom. The van der Waals surface area contributed by atoms with Crippen molar-refractivity contribution in [1.29, 1.82) is 0 Å². The fraction of sp³-hybridized carbons (Fsp3) is 0.812. The first-order valence-electron chi connectivity index (χ1n) is 8.01. The summed E-state index contributed by atoms with van der Waals surface area (Å²) in [5.41, 5.74) is 0.504. The van der Waals surface area contributed by atoms with E-state index in [1.165, 1.54) is 0 Å². The predicted octanol–water partition coefficient (Wildman–Crippen LogP) is 1.46. The van der Waals surface area contributed by atoms with Crippen molar-refractivity contribution in [3.63, 3.8) is 0 Å². The number of hydrogen-bond donors (Lipinski definition) is 2. The first-order chi connectivity index (χ1) is 10.1. The molecule has 1 aliphatic carbocycles. The minimum absolute atomic E-state index is 0.0116. The lowest BCUT2D eigenvalue weighted by Gasteiger charge is -2.40. The first kappa shape index (κ1) is 15.0. The van der Waals surface area contributed by atoms with Crippen LogP contribution in [-0.4, -0.2) is 46.5 Å². The van der Waals surface area contributed by atoms with Gasteiger partial charge in [0.2, 0.25) is 0 Å². The molecule has 5 atom stereocenters. The molecular weight excluding hydrogens is 272 g/mol. The monoisotopic (exact) mass is 296 g/mol. The number of aliphatic hydroxyl groups excluding tert-OH is 2. The molecule has 0 aromatic carbocycles. The minimum atomic E-state index is -0.753. The smallest absolute Gasteiger partial charge is 0.165 e. The minimum Gasteiger partial charge on any atom is -0.489 e. The van der Waals surface area contributed by atoms with Gasteiger partial charge in [-0.05, 0) is 26.2 Å². The van der Waals surface area contributed by atoms with Crippen molar-refractivity contribution in [2.24, 2.45) is 0 Å². The van der Waals surface area contributed by atoms with Gasteiger partial charge in [0.25, 0.3) is 0 Å². The molecule has 1 fully saturated rings. The summed E-state index contributed by atoms with van der Waals surface area (Å²) in [6.45, 7) is 2.02. The van der Waals surface area contributed by atoms with Crippen LogP contribution >= 0.6 is 0 Å². The summed E-state index contributed by atoms with van der Waals surface area (Å²) >= 11 is 0. The molecule has 0 spiro atoms. The van der Waals surface area contributed by atoms with Gasteiger partial charge < -0.3 is 19.7 Å². The molecule has 0 aromatic rings. The van der Waals surface area contributed by atoms with Gasteiger partial charge in [0, 0.05) is 12.8 Å². The molecule has 3 rings (SSSR count). The van der Waals surface area contributed by atoms with Crippen molar-refractivity contribution in [3.8, 4) is 0 Å². The van der Waals surface area contributed by atoms with Crippen LogP contribution < -0.4 is 0 Å². The summed E-state index contributed by atoms with van der Waals surface area (Å²) in [6.07, 6.45) is 2.78. The molecule has 5 nitrogen and oxygen atoms in total. The lowest BCUT2D eigenvalue weighted by Crippen LogP contribution is -2.45. The first-order valence-corrected chi connectivity index (χ1v) is 8.01. The van der Waals surface area contributed by atoms with Crippen LogP contribution in [0.5, 0.6) is 0 Å². The van der Waals surface area contributed by atoms with Gasteiger partial charge in [-0.15, -0.1) is 0 Å². The van der Waals surface area contributed by atoms with Crippen LogP contribution in [-0.2, 0) is 14.3 Å². The number of ether oxygens (including phenoxy) is 2. The Morgan fingerprint density at radius 1 is 1.14 bits per heavy atom. The average Bonchev–Trinajstić information content (AvgIpc) is 2.46. The normalized spacial score (nSPS) is 41.3. The molecule has 1 saturated heterocycles. The zero-order chi connectivity index (χ0) is 15.0. The molecule has 118 valence electrons. The molecule has 5 heteroatoms. The van der Waals surface area contributed by atoms with Crippen LogP contribution in [0.25, 0.3) is 0 Å². The second-order valence-corrected chi connectivity index (χ2v) is 6.43. The van der Waals surface area contributed by atoms with Crippen LogP contribution in [0.4, 0.5) is 0 Å². The fourth-order valence-corrected chi connectivity index (χ4v) is 3.55. The molecule has 2 bridgehead atoms. The summed E-state index contributed by atoms with van der Waals surface area (Å²) in [5, 5.41) is 20.4. The van der Waals surface area contributed by atoms with E-state index in [0.29, 0.717) is 37.0 Å². The molecule has 3 aliphatic rings. The van der Waals surface area contributed by atoms with E-state index < -0.39 is 12.2 Å². The Labute approximate surface area is 124 Å². The molecule has 21 heavy (non-hydrogen) atoms. The number of hydrogen-bond acceptors (Lipinski definition) is 5. The summed E-state index contributed by atoms with van der Waals surface area (Å²) in [5.74, 6) is 0.358. The van der Waals surface area contributed by atoms with Crippen LogP contribution in [0, 0.1) is 0 Å². The standard InChI is InChI=1S/C16H24O5/c1-9-4-2-3-5-10(17)13-8-14(20-9)15-11(18)6-7-12(19)16(15)21-13/h9-10,12-14,17,19H,2-8H2,1H3. The number of aliphatic hydroxyl groups is 2. The Bertz CT molecular complexity index is 444. The average molecular weight is 296 g/mol. The van der Waals surface area contributed by atoms with Gasteiger partial charge >= 0.3 is 0 Å². The van der Waals surface area contributed by atoms with E-state index >= 15 is 0 Å². The van der Waals surface area contributed by atoms with E-state index in [4.69, 9.17) is 9.47 Å². The summed E-state index contributed by atoms with van der Waals surface area (Å²) in [7, 11) is 0. The van der Waals surface area contributed by atoms with E-state index in [0.717, 1.165) is 19.3 Å². The Balaban J connectivity index is 1.94. The van der Waals surface area contributed by atoms with Gasteiger partial charge in [-0.2, -0.15) is 0 Å². The number of carbonyl (C=O) groups is 1. The van der Waals surface area contributed by atoms with Crippen molar-refractivity contribution in [2.75, 3.05) is 0 Å². The third-order valence-corrected chi connectivity index (χ3v) is 4.75. The molecule has 2 aliphatic heterocycles. The molecule has 0 amide bonds. The number of carbonyl (C=O) groups excluding carboxylic acids is 1. The quantitative estimate of drug-likeness (QED) is 0.708. The molecule has 2 heterocycles. The van der Waals surface area contributed by atoms with Crippen molar-refractivity contribution in [3.05, 3.63) is 11.3 Å². The number of Topliss-reactive ketones (excluding diaryl/α,β-unsaturated/α-hetero) is 1. The van der Waals surface area contributed by atoms with Crippen LogP contribution in [0.15, 0.2) is 11.3 Å². The predicted molar refractivity (Wildman–Crippen MR) is 75.6 cm³/mol. The molecule has 0 aromatic heterocycles. The zero-order valence-electron chi connectivity index (χ0n) is 12.5. The third-order valence-electron chi connectivity index (χ3n) is 4.75. The lowest BCUT2D eigenvalue weighted by molar-refractivity contribution is -0.129. The maximum Gasteiger partial charge on any atom is 0.165 e. The van der Waals surface area contributed by atoms with Gasteiger partial charge in [-0.1, -0.05) is 12.8 Å². The number of rotatable bonds is 0. The summed E-state index contributed by atoms with van der Waals surface area (Å²) < 4.78 is 11.9. The van der Waals surface area contributed by atoms with Gasteiger partial charge in [0.05, 0.1) is 23.9 Å².